The Morgan fingerprint density at radius 3 is 2.82 bits per heavy atom. The van der Waals surface area contributed by atoms with Gasteiger partial charge in [0.15, 0.2) is 0 Å². The summed E-state index contributed by atoms with van der Waals surface area (Å²) in [5.74, 6) is 2.48. The van der Waals surface area contributed by atoms with Gasteiger partial charge in [0.1, 0.15) is 11.7 Å². The molecule has 5 aliphatic rings. The molecular weight excluding hydrogens is 408 g/mol. The molecule has 6 nitrogen and oxygen atoms in total. The second-order valence-corrected chi connectivity index (χ2v) is 11.1. The van der Waals surface area contributed by atoms with E-state index in [1.165, 1.54) is 36.3 Å². The minimum absolute atomic E-state index is 0.172. The number of allylic oxidation sites excluding steroid dienone is 2. The molecule has 6 rings (SSSR count). The third kappa shape index (κ3) is 3.36. The first-order chi connectivity index (χ1) is 15.9. The van der Waals surface area contributed by atoms with E-state index in [1.807, 2.05) is 12.3 Å². The van der Waals surface area contributed by atoms with Gasteiger partial charge in [-0.3, -0.25) is 14.9 Å². The second-order valence-electron chi connectivity index (χ2n) is 11.1. The van der Waals surface area contributed by atoms with Gasteiger partial charge < -0.3 is 15.1 Å². The standard InChI is InChI=1S/C27H38N6/c1-19-8-7-15-28-25(19)21-9-5-10-22(29-21)26(3)20(2)33-23(30-26)11-6-12-24(33)32-17-16-31(4)27(18-32)13-14-27/h6-8,11-12,15,20-22,29H,5,9-10,13-14,16-18H2,1-4H3/t20?,21-,22+,26+/m0/s1. The van der Waals surface area contributed by atoms with E-state index in [1.54, 1.807) is 0 Å². The molecule has 33 heavy (non-hydrogen) atoms. The largest absolute Gasteiger partial charge is 0.355 e. The first kappa shape index (κ1) is 21.4. The SMILES string of the molecule is Cc1cccnc1[C@@H]1CCC[C@H]([C@]2(C)N=C3C=CC=C(N4CCN(C)C5(CC5)C4)N3C2C)N1. The van der Waals surface area contributed by atoms with Crippen molar-refractivity contribution in [3.8, 4) is 0 Å². The van der Waals surface area contributed by atoms with E-state index < -0.39 is 0 Å². The smallest absolute Gasteiger partial charge is 0.130 e. The van der Waals surface area contributed by atoms with Crippen LogP contribution in [0.2, 0.25) is 0 Å². The van der Waals surface area contributed by atoms with Crippen LogP contribution in [0.5, 0.6) is 0 Å². The predicted molar refractivity (Wildman–Crippen MR) is 133 cm³/mol. The van der Waals surface area contributed by atoms with Crippen LogP contribution in [-0.2, 0) is 0 Å². The highest BCUT2D eigenvalue weighted by atomic mass is 15.4. The zero-order chi connectivity index (χ0) is 22.8. The number of piperidine rings is 1. The lowest BCUT2D eigenvalue weighted by Crippen LogP contribution is -2.59. The number of pyridine rings is 1. The Hall–Kier alpha value is -2.18. The molecule has 6 heteroatoms. The molecule has 176 valence electrons. The van der Waals surface area contributed by atoms with Crippen molar-refractivity contribution in [2.24, 2.45) is 4.99 Å². The Balaban J connectivity index is 1.25. The van der Waals surface area contributed by atoms with Gasteiger partial charge in [-0.15, -0.1) is 0 Å². The first-order valence-corrected chi connectivity index (χ1v) is 12.8. The molecule has 5 heterocycles. The van der Waals surface area contributed by atoms with E-state index in [-0.39, 0.29) is 5.54 Å². The number of aliphatic imine (C=N–C) groups is 1. The molecule has 2 saturated heterocycles. The van der Waals surface area contributed by atoms with Gasteiger partial charge >= 0.3 is 0 Å². The van der Waals surface area contributed by atoms with Gasteiger partial charge in [-0.2, -0.15) is 0 Å². The van der Waals surface area contributed by atoms with Crippen molar-refractivity contribution in [1.82, 2.24) is 25.0 Å². The third-order valence-corrected chi connectivity index (χ3v) is 9.20. The Morgan fingerprint density at radius 2 is 2.03 bits per heavy atom. The van der Waals surface area contributed by atoms with E-state index in [0.717, 1.165) is 38.3 Å². The Kier molecular flexibility index (Phi) is 4.97. The molecule has 0 radical (unpaired) electrons. The van der Waals surface area contributed by atoms with Gasteiger partial charge in [-0.05, 0) is 83.7 Å². The highest BCUT2D eigenvalue weighted by molar-refractivity contribution is 5.97. The summed E-state index contributed by atoms with van der Waals surface area (Å²) < 4.78 is 0. The van der Waals surface area contributed by atoms with Gasteiger partial charge in [0.25, 0.3) is 0 Å². The van der Waals surface area contributed by atoms with Crippen molar-refractivity contribution in [2.75, 3.05) is 26.7 Å². The summed E-state index contributed by atoms with van der Waals surface area (Å²) in [6.45, 7) is 10.3. The Morgan fingerprint density at radius 1 is 1.18 bits per heavy atom. The highest BCUT2D eigenvalue weighted by Crippen LogP contribution is 2.46. The van der Waals surface area contributed by atoms with Crippen LogP contribution < -0.4 is 5.32 Å². The van der Waals surface area contributed by atoms with Crippen molar-refractivity contribution in [3.05, 3.63) is 53.6 Å². The molecule has 1 aromatic rings. The van der Waals surface area contributed by atoms with Crippen LogP contribution >= 0.6 is 0 Å². The molecule has 0 bridgehead atoms. The number of rotatable bonds is 3. The molecule has 1 N–H and O–H groups in total. The van der Waals surface area contributed by atoms with E-state index in [2.05, 4.69) is 72.1 Å². The summed E-state index contributed by atoms with van der Waals surface area (Å²) in [6, 6.07) is 5.17. The lowest BCUT2D eigenvalue weighted by Gasteiger charge is -2.47. The minimum atomic E-state index is -0.172. The fraction of sp³-hybridized carbons (Fsp3) is 0.630. The van der Waals surface area contributed by atoms with Crippen molar-refractivity contribution in [3.63, 3.8) is 0 Å². The monoisotopic (exact) mass is 446 g/mol. The van der Waals surface area contributed by atoms with Crippen LogP contribution in [0.25, 0.3) is 0 Å². The lowest BCUT2D eigenvalue weighted by molar-refractivity contribution is 0.0773. The lowest BCUT2D eigenvalue weighted by atomic mass is 9.79. The van der Waals surface area contributed by atoms with Gasteiger partial charge in [0.05, 0.1) is 23.3 Å². The molecule has 4 aliphatic heterocycles. The minimum Gasteiger partial charge on any atom is -0.355 e. The van der Waals surface area contributed by atoms with Gasteiger partial charge in [-0.25, -0.2) is 0 Å². The van der Waals surface area contributed by atoms with E-state index in [0.29, 0.717) is 23.7 Å². The number of nitrogens with zero attached hydrogens (tertiary/aromatic N) is 5. The maximum absolute atomic E-state index is 5.40. The summed E-state index contributed by atoms with van der Waals surface area (Å²) in [6.07, 6.45) is 14.8. The van der Waals surface area contributed by atoms with Gasteiger partial charge in [0, 0.05) is 37.4 Å². The number of fused-ring (bicyclic) bond motifs is 1. The summed E-state index contributed by atoms with van der Waals surface area (Å²) in [5, 5.41) is 4.00. The van der Waals surface area contributed by atoms with Crippen molar-refractivity contribution >= 4 is 5.84 Å². The third-order valence-electron chi connectivity index (χ3n) is 9.20. The van der Waals surface area contributed by atoms with E-state index >= 15 is 0 Å². The number of aromatic nitrogens is 1. The van der Waals surface area contributed by atoms with Crippen molar-refractivity contribution in [1.29, 1.82) is 0 Å². The van der Waals surface area contributed by atoms with Crippen molar-refractivity contribution in [2.45, 2.75) is 82.1 Å². The number of likely N-dealkylation sites (N-methyl/N-ethyl adjacent to an activating group) is 1. The van der Waals surface area contributed by atoms with Crippen LogP contribution in [0.4, 0.5) is 0 Å². The summed E-state index contributed by atoms with van der Waals surface area (Å²) in [7, 11) is 2.30. The average Bonchev–Trinajstić information content (AvgIpc) is 3.55. The van der Waals surface area contributed by atoms with Gasteiger partial charge in [0.2, 0.25) is 0 Å². The molecule has 1 aliphatic carbocycles. The fourth-order valence-electron chi connectivity index (χ4n) is 6.63. The number of hydrogen-bond acceptors (Lipinski definition) is 6. The van der Waals surface area contributed by atoms with Crippen LogP contribution in [0.15, 0.2) is 47.4 Å². The topological polar surface area (TPSA) is 47.0 Å². The quantitative estimate of drug-likeness (QED) is 0.768. The van der Waals surface area contributed by atoms with E-state index in [9.17, 15) is 0 Å². The van der Waals surface area contributed by atoms with Crippen LogP contribution in [-0.4, -0.2) is 75.4 Å². The highest BCUT2D eigenvalue weighted by Gasteiger charge is 2.53. The maximum Gasteiger partial charge on any atom is 0.130 e. The van der Waals surface area contributed by atoms with Gasteiger partial charge in [-0.1, -0.05) is 12.1 Å². The maximum atomic E-state index is 5.40. The molecule has 1 unspecified atom stereocenters. The van der Waals surface area contributed by atoms with Crippen LogP contribution in [0.3, 0.4) is 0 Å². The zero-order valence-corrected chi connectivity index (χ0v) is 20.6. The molecule has 4 atom stereocenters. The second kappa shape index (κ2) is 7.67. The molecular formula is C27H38N6. The van der Waals surface area contributed by atoms with E-state index in [4.69, 9.17) is 9.98 Å². The Bertz CT molecular complexity index is 1020. The van der Waals surface area contributed by atoms with Crippen LogP contribution in [0.1, 0.15) is 63.3 Å². The normalized spacial score (nSPS) is 35.5. The first-order valence-electron chi connectivity index (χ1n) is 12.8. The number of hydrogen-bond donors (Lipinski definition) is 1. The Labute approximate surface area is 198 Å². The fourth-order valence-corrected chi connectivity index (χ4v) is 6.63. The van der Waals surface area contributed by atoms with Crippen LogP contribution in [0, 0.1) is 6.92 Å². The molecule has 0 amide bonds. The average molecular weight is 447 g/mol. The molecule has 1 spiro atoms. The molecule has 1 aromatic heterocycles. The number of aryl methyl sites for hydroxylation is 1. The molecule has 3 fully saturated rings. The number of nitrogens with one attached hydrogen (secondary N) is 1. The summed E-state index contributed by atoms with van der Waals surface area (Å²) in [4.78, 5) is 17.9. The molecule has 1 saturated carbocycles. The zero-order valence-electron chi connectivity index (χ0n) is 20.6. The molecule has 0 aromatic carbocycles. The predicted octanol–water partition coefficient (Wildman–Crippen LogP) is 3.63. The number of piperazine rings is 1. The van der Waals surface area contributed by atoms with Crippen molar-refractivity contribution < 1.29 is 0 Å². The summed E-state index contributed by atoms with van der Waals surface area (Å²) >= 11 is 0. The summed E-state index contributed by atoms with van der Waals surface area (Å²) in [5.41, 5.74) is 2.72. The number of amidine groups is 1.